The molecule has 4 N–H and O–H groups in total. The smallest absolute Gasteiger partial charge is 0.407 e. The fourth-order valence-electron chi connectivity index (χ4n) is 8.04. The molecule has 1 saturated heterocycles. The highest BCUT2D eigenvalue weighted by Crippen LogP contribution is 2.40. The molecule has 6 heterocycles. The van der Waals surface area contributed by atoms with Gasteiger partial charge in [0.25, 0.3) is 11.8 Å². The Morgan fingerprint density at radius 3 is 2.00 bits per heavy atom. The number of likely N-dealkylation sites (tertiary alicyclic amines) is 1. The number of rotatable bonds is 11. The van der Waals surface area contributed by atoms with E-state index in [0.29, 0.717) is 35.9 Å². The number of fused-ring (bicyclic) bond motifs is 1. The summed E-state index contributed by atoms with van der Waals surface area (Å²) in [4.78, 5) is 72.8. The second-order valence-electron chi connectivity index (χ2n) is 14.9. The van der Waals surface area contributed by atoms with E-state index in [1.807, 2.05) is 97.1 Å². The Morgan fingerprint density at radius 2 is 1.35 bits per heavy atom. The third-order valence-electron chi connectivity index (χ3n) is 11.2. The van der Waals surface area contributed by atoms with Gasteiger partial charge in [0.15, 0.2) is 0 Å². The number of nitrogens with one attached hydrogen (secondary N) is 4. The zero-order chi connectivity index (χ0) is 42.7. The summed E-state index contributed by atoms with van der Waals surface area (Å²) in [5.41, 5.74) is 5.48. The number of nitrogens with zero attached hydrogens (tertiary/aromatic N) is 4. The van der Waals surface area contributed by atoms with Gasteiger partial charge in [0, 0.05) is 30.8 Å². The number of carbonyl (C=O) groups is 4. The van der Waals surface area contributed by atoms with Gasteiger partial charge < -0.3 is 44.3 Å². The van der Waals surface area contributed by atoms with Crippen LogP contribution < -0.4 is 10.6 Å². The molecular formula is C46H42N8O7S. The van der Waals surface area contributed by atoms with E-state index in [1.54, 1.807) is 45.7 Å². The van der Waals surface area contributed by atoms with Gasteiger partial charge in [-0.25, -0.2) is 19.6 Å². The Morgan fingerprint density at radius 1 is 0.758 bits per heavy atom. The van der Waals surface area contributed by atoms with Gasteiger partial charge >= 0.3 is 12.2 Å². The van der Waals surface area contributed by atoms with Crippen molar-refractivity contribution in [2.75, 3.05) is 27.3 Å². The van der Waals surface area contributed by atoms with Gasteiger partial charge in [-0.15, -0.1) is 11.3 Å². The molecule has 3 aromatic carbocycles. The van der Waals surface area contributed by atoms with Crippen molar-refractivity contribution >= 4 is 45.6 Å². The number of amides is 4. The number of ether oxygens (including phenoxy) is 2. The summed E-state index contributed by atoms with van der Waals surface area (Å²) < 4.78 is 17.0. The first-order valence-electron chi connectivity index (χ1n) is 20.1. The number of thiophene rings is 1. The largest absolute Gasteiger partial charge is 0.455 e. The second-order valence-corrected chi connectivity index (χ2v) is 16.0. The summed E-state index contributed by atoms with van der Waals surface area (Å²) in [6.45, 7) is 0.903. The lowest BCUT2D eigenvalue weighted by Crippen LogP contribution is -2.43. The van der Waals surface area contributed by atoms with E-state index in [2.05, 4.69) is 25.6 Å². The van der Waals surface area contributed by atoms with Crippen molar-refractivity contribution < 1.29 is 33.1 Å². The SMILES string of the molecule is COC(=O)NC(C(=O)N1CC=C[C@H]1c1ncc(-c2ccc(-c3cc4sc(-c5cnc([C@@H]6CCCN6C(=O)[C@H](NC(=O)OC)c6ccccc6)[nH]5)cc4o3)cc2)[nH]1)c1ccccc1. The molecule has 15 nitrogen and oxygen atoms in total. The van der Waals surface area contributed by atoms with E-state index in [4.69, 9.17) is 18.9 Å². The number of imidazole rings is 2. The Balaban J connectivity index is 0.870. The van der Waals surface area contributed by atoms with Crippen molar-refractivity contribution in [3.05, 3.63) is 144 Å². The minimum Gasteiger partial charge on any atom is -0.455 e. The third kappa shape index (κ3) is 7.94. The highest BCUT2D eigenvalue weighted by molar-refractivity contribution is 7.22. The van der Waals surface area contributed by atoms with Crippen LogP contribution >= 0.6 is 11.3 Å². The van der Waals surface area contributed by atoms with Crippen LogP contribution in [0.15, 0.2) is 126 Å². The monoisotopic (exact) mass is 850 g/mol. The molecule has 1 unspecified atom stereocenters. The van der Waals surface area contributed by atoms with E-state index in [9.17, 15) is 19.2 Å². The van der Waals surface area contributed by atoms with Gasteiger partial charge in [-0.2, -0.15) is 0 Å². The summed E-state index contributed by atoms with van der Waals surface area (Å²) in [6.07, 6.45) is 7.53. The number of benzene rings is 3. The van der Waals surface area contributed by atoms with Crippen molar-refractivity contribution in [2.45, 2.75) is 37.0 Å². The minimum absolute atomic E-state index is 0.225. The molecule has 0 radical (unpaired) electrons. The molecule has 314 valence electrons. The summed E-state index contributed by atoms with van der Waals surface area (Å²) >= 11 is 1.58. The van der Waals surface area contributed by atoms with Crippen LogP contribution in [0.5, 0.6) is 0 Å². The molecule has 2 aliphatic rings. The Hall–Kier alpha value is -7.46. The first-order chi connectivity index (χ1) is 30.3. The van der Waals surface area contributed by atoms with Crippen molar-refractivity contribution in [1.29, 1.82) is 0 Å². The quantitative estimate of drug-likeness (QED) is 0.0930. The predicted molar refractivity (Wildman–Crippen MR) is 231 cm³/mol. The van der Waals surface area contributed by atoms with E-state index < -0.39 is 30.3 Å². The van der Waals surface area contributed by atoms with Crippen LogP contribution in [0.3, 0.4) is 0 Å². The molecule has 1 fully saturated rings. The van der Waals surface area contributed by atoms with Crippen LogP contribution in [0.2, 0.25) is 0 Å². The average molecular weight is 851 g/mol. The maximum atomic E-state index is 13.9. The van der Waals surface area contributed by atoms with E-state index in [1.165, 1.54) is 14.2 Å². The lowest BCUT2D eigenvalue weighted by atomic mass is 10.1. The topological polar surface area (TPSA) is 188 Å². The standard InChI is InChI=1S/C46H42N8O7S/c1-59-45(57)51-39(29-11-5-3-6-12-29)43(55)53-21-9-15-33(53)41-47-25-31(49-41)27-17-19-28(20-18-27)35-23-38-36(61-35)24-37(62-38)32-26-48-42(50-32)34-16-10-22-54(34)44(56)40(52-46(58)60-2)30-13-7-4-8-14-30/h3-9,11-15,17-20,23-26,33-34,39-40H,10,16,21-22H2,1-2H3,(H,47,49)(H,48,50)(H,51,57)(H,52,58)/t33-,34-,39?,40+/m0/s1. The van der Waals surface area contributed by atoms with Crippen LogP contribution in [0, 0.1) is 0 Å². The average Bonchev–Trinajstić information content (AvgIpc) is 4.17. The number of hydrogen-bond donors (Lipinski definition) is 4. The zero-order valence-corrected chi connectivity index (χ0v) is 34.6. The number of aromatic amines is 2. The molecule has 0 saturated carbocycles. The van der Waals surface area contributed by atoms with Crippen molar-refractivity contribution in [3.8, 4) is 33.2 Å². The number of carbonyl (C=O) groups excluding carboxylic acids is 4. The summed E-state index contributed by atoms with van der Waals surface area (Å²) in [6, 6.07) is 27.6. The number of aromatic nitrogens is 4. The molecule has 4 aromatic heterocycles. The number of H-pyrrole nitrogens is 2. The maximum absolute atomic E-state index is 13.9. The molecular weight excluding hydrogens is 809 g/mol. The fraction of sp³-hybridized carbons (Fsp3) is 0.217. The van der Waals surface area contributed by atoms with E-state index in [0.717, 1.165) is 56.3 Å². The molecule has 0 aliphatic carbocycles. The maximum Gasteiger partial charge on any atom is 0.407 e. The number of methoxy groups -OCH3 is 2. The fourth-order valence-corrected chi connectivity index (χ4v) is 9.03. The normalized spacial score (nSPS) is 16.9. The van der Waals surface area contributed by atoms with Crippen LogP contribution in [0.4, 0.5) is 9.59 Å². The van der Waals surface area contributed by atoms with Gasteiger partial charge in [-0.1, -0.05) is 97.1 Å². The number of hydrogen-bond acceptors (Lipinski definition) is 10. The van der Waals surface area contributed by atoms with Crippen LogP contribution in [0.1, 0.15) is 59.8 Å². The summed E-state index contributed by atoms with van der Waals surface area (Å²) in [5.74, 6) is 1.50. The van der Waals surface area contributed by atoms with E-state index >= 15 is 0 Å². The van der Waals surface area contributed by atoms with Crippen LogP contribution in [-0.4, -0.2) is 81.0 Å². The molecule has 16 heteroatoms. The highest BCUT2D eigenvalue weighted by atomic mass is 32.1. The van der Waals surface area contributed by atoms with Crippen LogP contribution in [-0.2, 0) is 19.1 Å². The molecule has 9 rings (SSSR count). The summed E-state index contributed by atoms with van der Waals surface area (Å²) in [5, 5.41) is 5.39. The lowest BCUT2D eigenvalue weighted by Gasteiger charge is -2.28. The zero-order valence-electron chi connectivity index (χ0n) is 33.7. The van der Waals surface area contributed by atoms with Crippen molar-refractivity contribution in [1.82, 2.24) is 40.4 Å². The van der Waals surface area contributed by atoms with Crippen LogP contribution in [0.25, 0.3) is 43.4 Å². The first-order valence-corrected chi connectivity index (χ1v) is 20.9. The number of alkyl carbamates (subject to hydrolysis) is 2. The second kappa shape index (κ2) is 17.3. The number of furan rings is 1. The molecule has 0 spiro atoms. The van der Waals surface area contributed by atoms with Gasteiger partial charge in [-0.3, -0.25) is 9.59 Å². The third-order valence-corrected chi connectivity index (χ3v) is 12.3. The Labute approximate surface area is 359 Å². The molecule has 4 atom stereocenters. The lowest BCUT2D eigenvalue weighted by molar-refractivity contribution is -0.135. The van der Waals surface area contributed by atoms with Crippen molar-refractivity contribution in [2.24, 2.45) is 0 Å². The highest BCUT2D eigenvalue weighted by Gasteiger charge is 2.38. The molecule has 0 bridgehead atoms. The van der Waals surface area contributed by atoms with Gasteiger partial charge in [0.2, 0.25) is 0 Å². The molecule has 62 heavy (non-hydrogen) atoms. The van der Waals surface area contributed by atoms with Crippen molar-refractivity contribution in [3.63, 3.8) is 0 Å². The van der Waals surface area contributed by atoms with Gasteiger partial charge in [0.05, 0.1) is 53.6 Å². The predicted octanol–water partition coefficient (Wildman–Crippen LogP) is 8.24. The molecule has 2 aliphatic heterocycles. The van der Waals surface area contributed by atoms with Gasteiger partial charge in [0.1, 0.15) is 41.1 Å². The first kappa shape index (κ1) is 40.0. The van der Waals surface area contributed by atoms with E-state index in [-0.39, 0.29) is 17.9 Å². The minimum atomic E-state index is -0.930. The van der Waals surface area contributed by atoms with Gasteiger partial charge in [-0.05, 0) is 29.5 Å². The summed E-state index contributed by atoms with van der Waals surface area (Å²) in [7, 11) is 2.54. The molecule has 4 amide bonds. The Kier molecular flexibility index (Phi) is 11.1. The molecule has 7 aromatic rings. The Bertz CT molecular complexity index is 2730.